The second kappa shape index (κ2) is 7.29. The van der Waals surface area contributed by atoms with Crippen molar-refractivity contribution in [3.05, 3.63) is 29.8 Å². The van der Waals surface area contributed by atoms with Gasteiger partial charge in [-0.15, -0.1) is 0 Å². The van der Waals surface area contributed by atoms with Crippen molar-refractivity contribution in [1.29, 1.82) is 0 Å². The standard InChI is InChI=1S/C15H18N2O7S2/c1-2-3-17-8-14(18)12-6-10(25(19,20)21)4-9-5-11(26(22,23)24)7-13(16)15(9)12/h4-7,17H,2-3,8,16H2,1H3,(H,19,20,21)(H,22,23,24). The minimum atomic E-state index is -4.66. The first-order chi connectivity index (χ1) is 11.9. The quantitative estimate of drug-likeness (QED) is 0.230. The molecule has 0 aliphatic rings. The van der Waals surface area contributed by atoms with Crippen LogP contribution in [0.25, 0.3) is 10.8 Å². The lowest BCUT2D eigenvalue weighted by molar-refractivity contribution is 0.0992. The summed E-state index contributed by atoms with van der Waals surface area (Å²) in [5, 5.41) is 2.98. The van der Waals surface area contributed by atoms with Gasteiger partial charge < -0.3 is 11.1 Å². The van der Waals surface area contributed by atoms with Crippen molar-refractivity contribution >= 4 is 42.5 Å². The highest BCUT2D eigenvalue weighted by Crippen LogP contribution is 2.31. The van der Waals surface area contributed by atoms with E-state index in [1.807, 2.05) is 6.92 Å². The van der Waals surface area contributed by atoms with Gasteiger partial charge in [0, 0.05) is 16.6 Å². The first-order valence-corrected chi connectivity index (χ1v) is 10.4. The molecule has 0 saturated carbocycles. The number of nitrogens with one attached hydrogen (secondary N) is 1. The number of nitrogen functional groups attached to an aromatic ring is 1. The van der Waals surface area contributed by atoms with Crippen LogP contribution in [-0.2, 0) is 20.2 Å². The van der Waals surface area contributed by atoms with Crippen molar-refractivity contribution in [3.8, 4) is 0 Å². The summed E-state index contributed by atoms with van der Waals surface area (Å²) in [5.74, 6) is -0.486. The van der Waals surface area contributed by atoms with Crippen LogP contribution in [0, 0.1) is 0 Å². The molecular weight excluding hydrogens is 384 g/mol. The molecule has 0 aliphatic carbocycles. The predicted molar refractivity (Wildman–Crippen MR) is 95.5 cm³/mol. The highest BCUT2D eigenvalue weighted by Gasteiger charge is 2.21. The first kappa shape index (κ1) is 20.3. The van der Waals surface area contributed by atoms with Crippen molar-refractivity contribution in [2.24, 2.45) is 0 Å². The Labute approximate surface area is 150 Å². The number of Topliss-reactive ketones (excluding diaryl/α,β-unsaturated/α-hetero) is 1. The molecule has 0 aromatic heterocycles. The normalized spacial score (nSPS) is 12.4. The Morgan fingerprint density at radius 1 is 1.04 bits per heavy atom. The lowest BCUT2D eigenvalue weighted by Crippen LogP contribution is -2.24. The van der Waals surface area contributed by atoms with Crippen LogP contribution in [0.2, 0.25) is 0 Å². The number of hydrogen-bond acceptors (Lipinski definition) is 7. The number of carbonyl (C=O) groups is 1. The number of hydrogen-bond donors (Lipinski definition) is 4. The van der Waals surface area contributed by atoms with Crippen LogP contribution >= 0.6 is 0 Å². The lowest BCUT2D eigenvalue weighted by atomic mass is 9.99. The van der Waals surface area contributed by atoms with E-state index in [1.165, 1.54) is 0 Å². The van der Waals surface area contributed by atoms with E-state index in [9.17, 15) is 30.7 Å². The minimum absolute atomic E-state index is 0.0217. The van der Waals surface area contributed by atoms with Gasteiger partial charge in [0.25, 0.3) is 20.2 Å². The Hall–Kier alpha value is -2.05. The Morgan fingerprint density at radius 3 is 2.08 bits per heavy atom. The largest absolute Gasteiger partial charge is 0.398 e. The number of nitrogens with two attached hydrogens (primary N) is 1. The summed E-state index contributed by atoms with van der Waals surface area (Å²) in [4.78, 5) is 11.3. The molecule has 5 N–H and O–H groups in total. The van der Waals surface area contributed by atoms with Crippen LogP contribution in [0.4, 0.5) is 5.69 Å². The van der Waals surface area contributed by atoms with E-state index >= 15 is 0 Å². The van der Waals surface area contributed by atoms with E-state index in [4.69, 9.17) is 5.73 Å². The van der Waals surface area contributed by atoms with Gasteiger partial charge in [-0.05, 0) is 42.6 Å². The zero-order chi connectivity index (χ0) is 19.7. The van der Waals surface area contributed by atoms with Crippen molar-refractivity contribution in [2.75, 3.05) is 18.8 Å². The van der Waals surface area contributed by atoms with Gasteiger partial charge in [-0.3, -0.25) is 13.9 Å². The van der Waals surface area contributed by atoms with Gasteiger partial charge >= 0.3 is 0 Å². The molecule has 11 heteroatoms. The van der Waals surface area contributed by atoms with Crippen molar-refractivity contribution < 1.29 is 30.7 Å². The molecule has 0 heterocycles. The van der Waals surface area contributed by atoms with Gasteiger partial charge in [0.1, 0.15) is 0 Å². The monoisotopic (exact) mass is 402 g/mol. The summed E-state index contributed by atoms with van der Waals surface area (Å²) in [6.45, 7) is 2.36. The number of anilines is 1. The van der Waals surface area contributed by atoms with Gasteiger partial charge in [-0.25, -0.2) is 0 Å². The summed E-state index contributed by atoms with van der Waals surface area (Å²) < 4.78 is 64.2. The molecule has 0 bridgehead atoms. The van der Waals surface area contributed by atoms with Crippen LogP contribution in [0.1, 0.15) is 23.7 Å². The van der Waals surface area contributed by atoms with Crippen LogP contribution in [-0.4, -0.2) is 44.8 Å². The molecule has 0 atom stereocenters. The highest BCUT2D eigenvalue weighted by atomic mass is 32.2. The molecule has 0 amide bonds. The number of rotatable bonds is 7. The average Bonchev–Trinajstić information content (AvgIpc) is 2.52. The Morgan fingerprint density at radius 2 is 1.58 bits per heavy atom. The molecule has 0 fully saturated rings. The minimum Gasteiger partial charge on any atom is -0.398 e. The number of fused-ring (bicyclic) bond motifs is 1. The van der Waals surface area contributed by atoms with Crippen LogP contribution in [0.5, 0.6) is 0 Å². The third-order valence-electron chi connectivity index (χ3n) is 3.64. The van der Waals surface area contributed by atoms with E-state index in [0.717, 1.165) is 30.7 Å². The van der Waals surface area contributed by atoms with Crippen molar-refractivity contribution in [2.45, 2.75) is 23.1 Å². The molecule has 2 aromatic rings. The van der Waals surface area contributed by atoms with Crippen LogP contribution in [0.3, 0.4) is 0 Å². The van der Waals surface area contributed by atoms with E-state index < -0.39 is 35.8 Å². The fourth-order valence-corrected chi connectivity index (χ4v) is 3.58. The summed E-state index contributed by atoms with van der Waals surface area (Å²) >= 11 is 0. The lowest BCUT2D eigenvalue weighted by Gasteiger charge is -2.12. The third-order valence-corrected chi connectivity index (χ3v) is 5.30. The fraction of sp³-hybridized carbons (Fsp3) is 0.267. The number of ketones is 1. The maximum atomic E-state index is 12.5. The number of carbonyl (C=O) groups excluding carboxylic acids is 1. The van der Waals surface area contributed by atoms with E-state index in [0.29, 0.717) is 6.54 Å². The summed E-state index contributed by atoms with van der Waals surface area (Å²) in [5.41, 5.74) is 5.63. The van der Waals surface area contributed by atoms with Crippen LogP contribution < -0.4 is 11.1 Å². The van der Waals surface area contributed by atoms with Crippen molar-refractivity contribution in [3.63, 3.8) is 0 Å². The Bertz CT molecular complexity index is 1070. The summed E-state index contributed by atoms with van der Waals surface area (Å²) in [6, 6.07) is 3.91. The van der Waals surface area contributed by atoms with Gasteiger partial charge in [0.05, 0.1) is 16.3 Å². The van der Waals surface area contributed by atoms with Gasteiger partial charge in [0.2, 0.25) is 0 Å². The van der Waals surface area contributed by atoms with Crippen molar-refractivity contribution in [1.82, 2.24) is 5.32 Å². The molecule has 0 unspecified atom stereocenters. The predicted octanol–water partition coefficient (Wildman–Crippen LogP) is 1.10. The molecule has 0 spiro atoms. The zero-order valence-electron chi connectivity index (χ0n) is 13.8. The van der Waals surface area contributed by atoms with E-state index in [-0.39, 0.29) is 28.6 Å². The second-order valence-corrected chi connectivity index (χ2v) is 8.47. The fourth-order valence-electron chi connectivity index (χ4n) is 2.49. The van der Waals surface area contributed by atoms with Crippen LogP contribution in [0.15, 0.2) is 34.1 Å². The highest BCUT2D eigenvalue weighted by molar-refractivity contribution is 7.86. The smallest absolute Gasteiger partial charge is 0.294 e. The maximum absolute atomic E-state index is 12.5. The van der Waals surface area contributed by atoms with E-state index in [1.54, 1.807) is 0 Å². The molecule has 2 rings (SSSR count). The molecular formula is C15H18N2O7S2. The van der Waals surface area contributed by atoms with Gasteiger partial charge in [-0.1, -0.05) is 6.92 Å². The zero-order valence-corrected chi connectivity index (χ0v) is 15.4. The molecule has 0 radical (unpaired) electrons. The molecule has 2 aromatic carbocycles. The summed E-state index contributed by atoms with van der Waals surface area (Å²) in [7, 11) is -9.27. The second-order valence-electron chi connectivity index (χ2n) is 5.63. The average molecular weight is 402 g/mol. The Balaban J connectivity index is 2.78. The molecule has 142 valence electrons. The maximum Gasteiger partial charge on any atom is 0.294 e. The van der Waals surface area contributed by atoms with E-state index in [2.05, 4.69) is 5.32 Å². The first-order valence-electron chi connectivity index (χ1n) is 7.51. The number of benzene rings is 2. The van der Waals surface area contributed by atoms with Gasteiger partial charge in [-0.2, -0.15) is 16.8 Å². The SMILES string of the molecule is CCCNCC(=O)c1cc(S(=O)(=O)O)cc2cc(S(=O)(=O)O)cc(N)c12. The third kappa shape index (κ3) is 4.37. The topological polar surface area (TPSA) is 164 Å². The summed E-state index contributed by atoms with van der Waals surface area (Å²) in [6.07, 6.45) is 0.777. The van der Waals surface area contributed by atoms with Gasteiger partial charge in [0.15, 0.2) is 5.78 Å². The Kier molecular flexibility index (Phi) is 5.68. The molecule has 0 aliphatic heterocycles. The molecule has 26 heavy (non-hydrogen) atoms. The molecule has 0 saturated heterocycles. The molecule has 9 nitrogen and oxygen atoms in total.